The molecule has 2 aromatic rings. The van der Waals surface area contributed by atoms with Gasteiger partial charge in [0.1, 0.15) is 10.8 Å². The predicted octanol–water partition coefficient (Wildman–Crippen LogP) is 4.63. The Bertz CT molecular complexity index is 981. The van der Waals surface area contributed by atoms with Crippen LogP contribution in [0.25, 0.3) is 0 Å². The van der Waals surface area contributed by atoms with Gasteiger partial charge in [0.25, 0.3) is 5.91 Å². The molecule has 1 aliphatic carbocycles. The molecule has 32 heavy (non-hydrogen) atoms. The second kappa shape index (κ2) is 10.6. The Labute approximate surface area is 192 Å². The summed E-state index contributed by atoms with van der Waals surface area (Å²) < 4.78 is 15.7. The number of carbonyl (C=O) groups excluding carboxylic acids is 3. The van der Waals surface area contributed by atoms with Gasteiger partial charge >= 0.3 is 11.9 Å². The normalized spacial score (nSPS) is 15.9. The van der Waals surface area contributed by atoms with Gasteiger partial charge in [-0.15, -0.1) is 11.3 Å². The summed E-state index contributed by atoms with van der Waals surface area (Å²) in [6.45, 7) is 7.86. The second-order valence-corrected chi connectivity index (χ2v) is 8.87. The van der Waals surface area contributed by atoms with E-state index >= 15 is 0 Å². The van der Waals surface area contributed by atoms with Crippen molar-refractivity contribution in [3.63, 3.8) is 0 Å². The summed E-state index contributed by atoms with van der Waals surface area (Å²) in [5.74, 6) is -0.172. The van der Waals surface area contributed by atoms with Crippen molar-refractivity contribution in [2.45, 2.75) is 53.1 Å². The summed E-state index contributed by atoms with van der Waals surface area (Å²) >= 11 is 1.45. The van der Waals surface area contributed by atoms with E-state index in [0.717, 1.165) is 29.7 Å². The number of anilines is 1. The maximum absolute atomic E-state index is 12.9. The van der Waals surface area contributed by atoms with Gasteiger partial charge in [0, 0.05) is 10.4 Å². The minimum absolute atomic E-state index is 0.277. The number of fused-ring (bicyclic) bond motifs is 1. The predicted molar refractivity (Wildman–Crippen MR) is 123 cm³/mol. The van der Waals surface area contributed by atoms with E-state index in [2.05, 4.69) is 12.2 Å². The third-order valence-corrected chi connectivity index (χ3v) is 6.44. The quantitative estimate of drug-likeness (QED) is 0.579. The molecule has 172 valence electrons. The van der Waals surface area contributed by atoms with Gasteiger partial charge in [-0.25, -0.2) is 9.59 Å². The molecule has 3 rings (SSSR count). The van der Waals surface area contributed by atoms with Gasteiger partial charge in [0.15, 0.2) is 6.10 Å². The zero-order chi connectivity index (χ0) is 23.3. The number of esters is 2. The molecular formula is C24H29NO6S. The van der Waals surface area contributed by atoms with E-state index < -0.39 is 18.0 Å². The van der Waals surface area contributed by atoms with E-state index in [0.29, 0.717) is 27.8 Å². The maximum atomic E-state index is 12.9. The van der Waals surface area contributed by atoms with Crippen LogP contribution in [-0.2, 0) is 27.1 Å². The maximum Gasteiger partial charge on any atom is 0.347 e. The molecule has 0 bridgehead atoms. The van der Waals surface area contributed by atoms with Crippen LogP contribution in [0.1, 0.15) is 65.3 Å². The van der Waals surface area contributed by atoms with E-state index in [1.165, 1.54) is 11.3 Å². The van der Waals surface area contributed by atoms with Gasteiger partial charge in [-0.1, -0.05) is 6.92 Å². The van der Waals surface area contributed by atoms with Crippen molar-refractivity contribution < 1.29 is 28.6 Å². The fourth-order valence-corrected chi connectivity index (χ4v) is 5.02. The van der Waals surface area contributed by atoms with Crippen molar-refractivity contribution in [3.8, 4) is 5.75 Å². The number of carbonyl (C=O) groups is 3. The molecule has 1 heterocycles. The van der Waals surface area contributed by atoms with Crippen LogP contribution >= 0.6 is 11.3 Å². The van der Waals surface area contributed by atoms with Crippen molar-refractivity contribution in [3.05, 3.63) is 45.8 Å². The first-order chi connectivity index (χ1) is 15.3. The van der Waals surface area contributed by atoms with Crippen LogP contribution in [-0.4, -0.2) is 37.2 Å². The Balaban J connectivity index is 1.75. The SMILES string of the molecule is CCOC(=O)c1c(NC(=O)c2ccc(O[C@@H](C)C(=O)OCC)cc2)sc2c1CC[C@@H](C)C2. The second-order valence-electron chi connectivity index (χ2n) is 7.77. The lowest BCUT2D eigenvalue weighted by molar-refractivity contribution is -0.150. The van der Waals surface area contributed by atoms with E-state index in [1.54, 1.807) is 45.0 Å². The van der Waals surface area contributed by atoms with Crippen molar-refractivity contribution in [1.82, 2.24) is 0 Å². The number of hydrogen-bond donors (Lipinski definition) is 1. The average Bonchev–Trinajstić information content (AvgIpc) is 3.11. The van der Waals surface area contributed by atoms with Gasteiger partial charge in [0.05, 0.1) is 18.8 Å². The van der Waals surface area contributed by atoms with E-state index in [1.807, 2.05) is 0 Å². The van der Waals surface area contributed by atoms with Gasteiger partial charge < -0.3 is 19.5 Å². The summed E-state index contributed by atoms with van der Waals surface area (Å²) in [4.78, 5) is 38.4. The average molecular weight is 460 g/mol. The summed E-state index contributed by atoms with van der Waals surface area (Å²) in [6, 6.07) is 6.47. The first-order valence-electron chi connectivity index (χ1n) is 10.9. The largest absolute Gasteiger partial charge is 0.479 e. The van der Waals surface area contributed by atoms with Crippen molar-refractivity contribution in [1.29, 1.82) is 0 Å². The van der Waals surface area contributed by atoms with Crippen LogP contribution in [0.2, 0.25) is 0 Å². The number of amides is 1. The molecule has 8 heteroatoms. The molecule has 2 atom stereocenters. The topological polar surface area (TPSA) is 90.9 Å². The molecule has 0 aliphatic heterocycles. The minimum Gasteiger partial charge on any atom is -0.479 e. The Morgan fingerprint density at radius 1 is 1.12 bits per heavy atom. The standard InChI is InChI=1S/C24H29NO6S/c1-5-29-23(27)15(4)31-17-10-8-16(9-11-17)21(26)25-22-20(24(28)30-6-2)18-12-7-14(3)13-19(18)32-22/h8-11,14-15H,5-7,12-13H2,1-4H3,(H,25,26)/t14-,15+/m1/s1. The van der Waals surface area contributed by atoms with Crippen LogP contribution in [0.15, 0.2) is 24.3 Å². The summed E-state index contributed by atoms with van der Waals surface area (Å²) in [5.41, 5.74) is 1.89. The Morgan fingerprint density at radius 3 is 2.47 bits per heavy atom. The van der Waals surface area contributed by atoms with Crippen molar-refractivity contribution in [2.75, 3.05) is 18.5 Å². The Hall–Kier alpha value is -2.87. The zero-order valence-electron chi connectivity index (χ0n) is 18.9. The van der Waals surface area contributed by atoms with Crippen molar-refractivity contribution in [2.24, 2.45) is 5.92 Å². The number of thiophene rings is 1. The number of benzene rings is 1. The highest BCUT2D eigenvalue weighted by Gasteiger charge is 2.29. The van der Waals surface area contributed by atoms with Crippen LogP contribution < -0.4 is 10.1 Å². The van der Waals surface area contributed by atoms with Gasteiger partial charge in [-0.05, 0) is 75.8 Å². The molecule has 1 N–H and O–H groups in total. The number of ether oxygens (including phenoxy) is 3. The van der Waals surface area contributed by atoms with E-state index in [4.69, 9.17) is 14.2 Å². The van der Waals surface area contributed by atoms with Crippen LogP contribution in [0, 0.1) is 5.92 Å². The summed E-state index contributed by atoms with van der Waals surface area (Å²) in [6.07, 6.45) is 1.96. The molecule has 0 radical (unpaired) electrons. The van der Waals surface area contributed by atoms with Crippen LogP contribution in [0.3, 0.4) is 0 Å². The van der Waals surface area contributed by atoms with Crippen LogP contribution in [0.4, 0.5) is 5.00 Å². The summed E-state index contributed by atoms with van der Waals surface area (Å²) in [7, 11) is 0. The minimum atomic E-state index is -0.749. The zero-order valence-corrected chi connectivity index (χ0v) is 19.7. The van der Waals surface area contributed by atoms with E-state index in [-0.39, 0.29) is 19.1 Å². The molecule has 7 nitrogen and oxygen atoms in total. The third kappa shape index (κ3) is 5.48. The molecule has 0 spiro atoms. The lowest BCUT2D eigenvalue weighted by atomic mass is 9.88. The van der Waals surface area contributed by atoms with Crippen LogP contribution in [0.5, 0.6) is 5.75 Å². The Kier molecular flexibility index (Phi) is 7.90. The fourth-order valence-electron chi connectivity index (χ4n) is 3.63. The molecule has 1 amide bonds. The molecule has 1 aliphatic rings. The first kappa shape index (κ1) is 23.8. The molecule has 0 fully saturated rings. The van der Waals surface area contributed by atoms with Gasteiger partial charge in [0.2, 0.25) is 0 Å². The smallest absolute Gasteiger partial charge is 0.347 e. The highest BCUT2D eigenvalue weighted by molar-refractivity contribution is 7.17. The fraction of sp³-hybridized carbons (Fsp3) is 0.458. The van der Waals surface area contributed by atoms with Gasteiger partial charge in [-0.3, -0.25) is 4.79 Å². The summed E-state index contributed by atoms with van der Waals surface area (Å²) in [5, 5.41) is 3.43. The number of rotatable bonds is 8. The number of nitrogens with one attached hydrogen (secondary N) is 1. The highest BCUT2D eigenvalue weighted by Crippen LogP contribution is 2.40. The highest BCUT2D eigenvalue weighted by atomic mass is 32.1. The molecule has 1 aromatic heterocycles. The lowest BCUT2D eigenvalue weighted by Gasteiger charge is -2.18. The third-order valence-electron chi connectivity index (χ3n) is 5.27. The van der Waals surface area contributed by atoms with E-state index in [9.17, 15) is 14.4 Å². The number of hydrogen-bond acceptors (Lipinski definition) is 7. The monoisotopic (exact) mass is 459 g/mol. The van der Waals surface area contributed by atoms with Crippen molar-refractivity contribution >= 4 is 34.2 Å². The lowest BCUT2D eigenvalue weighted by Crippen LogP contribution is -2.26. The van der Waals surface area contributed by atoms with Gasteiger partial charge in [-0.2, -0.15) is 0 Å². The molecular weight excluding hydrogens is 430 g/mol. The molecule has 0 unspecified atom stereocenters. The molecule has 1 aromatic carbocycles. The Morgan fingerprint density at radius 2 is 1.81 bits per heavy atom. The molecule has 0 saturated carbocycles. The first-order valence-corrected chi connectivity index (χ1v) is 11.7. The molecule has 0 saturated heterocycles.